The van der Waals surface area contributed by atoms with Gasteiger partial charge in [-0.2, -0.15) is 5.10 Å². The summed E-state index contributed by atoms with van der Waals surface area (Å²) in [5.74, 6) is 0.103. The normalized spacial score (nSPS) is 10.7. The highest BCUT2D eigenvalue weighted by atomic mass is 79.9. The highest BCUT2D eigenvalue weighted by molar-refractivity contribution is 9.10. The summed E-state index contributed by atoms with van der Waals surface area (Å²) in [5.41, 5.74) is 3.39. The van der Waals surface area contributed by atoms with Crippen molar-refractivity contribution < 1.29 is 9.21 Å². The first-order valence-electron chi connectivity index (χ1n) is 7.23. The molecule has 3 aromatic rings. The molecular formula is C17H16BrN3O2. The molecule has 0 atom stereocenters. The van der Waals surface area contributed by atoms with Gasteiger partial charge in [-0.1, -0.05) is 24.3 Å². The zero-order valence-electron chi connectivity index (χ0n) is 12.6. The van der Waals surface area contributed by atoms with E-state index in [0.717, 1.165) is 17.5 Å². The van der Waals surface area contributed by atoms with E-state index >= 15 is 0 Å². The lowest BCUT2D eigenvalue weighted by molar-refractivity contribution is 0.0925. The Labute approximate surface area is 142 Å². The quantitative estimate of drug-likeness (QED) is 0.745. The molecule has 2 heterocycles. The first kappa shape index (κ1) is 15.6. The number of amides is 1. The van der Waals surface area contributed by atoms with Crippen LogP contribution in [0, 0.1) is 0 Å². The number of carbonyl (C=O) groups is 1. The van der Waals surface area contributed by atoms with Crippen molar-refractivity contribution in [1.82, 2.24) is 15.1 Å². The maximum Gasteiger partial charge on any atom is 0.287 e. The van der Waals surface area contributed by atoms with Crippen LogP contribution in [-0.2, 0) is 13.5 Å². The van der Waals surface area contributed by atoms with Gasteiger partial charge in [0.1, 0.15) is 0 Å². The standard InChI is InChI=1S/C17H16BrN3O2/c1-21-11-14(10-20-21)13-4-2-12(3-5-13)8-9-19-17(22)15-6-7-16(18)23-15/h2-7,10-11H,8-9H2,1H3,(H,19,22). The van der Waals surface area contributed by atoms with Crippen LogP contribution in [0.5, 0.6) is 0 Å². The van der Waals surface area contributed by atoms with Crippen molar-refractivity contribution >= 4 is 21.8 Å². The van der Waals surface area contributed by atoms with Crippen LogP contribution in [0.15, 0.2) is 57.9 Å². The summed E-state index contributed by atoms with van der Waals surface area (Å²) in [4.78, 5) is 11.9. The minimum Gasteiger partial charge on any atom is -0.444 e. The molecular weight excluding hydrogens is 358 g/mol. The lowest BCUT2D eigenvalue weighted by Gasteiger charge is -2.05. The molecule has 2 aromatic heterocycles. The molecule has 0 fully saturated rings. The molecule has 118 valence electrons. The number of hydrogen-bond acceptors (Lipinski definition) is 3. The van der Waals surface area contributed by atoms with Gasteiger partial charge in [-0.3, -0.25) is 9.48 Å². The van der Waals surface area contributed by atoms with Gasteiger partial charge in [0.05, 0.1) is 6.20 Å². The van der Waals surface area contributed by atoms with Gasteiger partial charge in [-0.05, 0) is 45.6 Å². The van der Waals surface area contributed by atoms with E-state index in [2.05, 4.69) is 50.6 Å². The number of rotatable bonds is 5. The van der Waals surface area contributed by atoms with E-state index in [1.807, 2.05) is 19.4 Å². The number of furan rings is 1. The number of carbonyl (C=O) groups excluding carboxylic acids is 1. The summed E-state index contributed by atoms with van der Waals surface area (Å²) < 4.78 is 7.54. The second kappa shape index (κ2) is 6.83. The fourth-order valence-electron chi connectivity index (χ4n) is 2.28. The Morgan fingerprint density at radius 3 is 2.61 bits per heavy atom. The Balaban J connectivity index is 1.53. The third-order valence-electron chi connectivity index (χ3n) is 3.49. The fourth-order valence-corrected chi connectivity index (χ4v) is 2.58. The van der Waals surface area contributed by atoms with Crippen LogP contribution >= 0.6 is 15.9 Å². The number of nitrogens with one attached hydrogen (secondary N) is 1. The van der Waals surface area contributed by atoms with Crippen LogP contribution in [0.2, 0.25) is 0 Å². The molecule has 1 amide bonds. The molecule has 0 unspecified atom stereocenters. The topological polar surface area (TPSA) is 60.1 Å². The average molecular weight is 374 g/mol. The van der Waals surface area contributed by atoms with Crippen LogP contribution in [-0.4, -0.2) is 22.2 Å². The predicted octanol–water partition coefficient (Wildman–Crippen LogP) is 3.42. The average Bonchev–Trinajstić information content (AvgIpc) is 3.16. The molecule has 0 aliphatic carbocycles. The smallest absolute Gasteiger partial charge is 0.287 e. The number of hydrogen-bond donors (Lipinski definition) is 1. The number of benzene rings is 1. The SMILES string of the molecule is Cn1cc(-c2ccc(CCNC(=O)c3ccc(Br)o3)cc2)cn1. The molecule has 1 aromatic carbocycles. The summed E-state index contributed by atoms with van der Waals surface area (Å²) in [6.07, 6.45) is 4.59. The Morgan fingerprint density at radius 2 is 2.00 bits per heavy atom. The van der Waals surface area contributed by atoms with Gasteiger partial charge in [-0.25, -0.2) is 0 Å². The van der Waals surface area contributed by atoms with Gasteiger partial charge in [0.2, 0.25) is 0 Å². The third-order valence-corrected chi connectivity index (χ3v) is 3.91. The van der Waals surface area contributed by atoms with Crippen LogP contribution in [0.1, 0.15) is 16.1 Å². The van der Waals surface area contributed by atoms with E-state index in [9.17, 15) is 4.79 Å². The third kappa shape index (κ3) is 3.90. The maximum absolute atomic E-state index is 11.9. The minimum atomic E-state index is -0.206. The zero-order chi connectivity index (χ0) is 16.2. The second-order valence-electron chi connectivity index (χ2n) is 5.21. The zero-order valence-corrected chi connectivity index (χ0v) is 14.2. The van der Waals surface area contributed by atoms with E-state index in [-0.39, 0.29) is 5.91 Å². The van der Waals surface area contributed by atoms with Gasteiger partial charge in [-0.15, -0.1) is 0 Å². The Hall–Kier alpha value is -2.34. The van der Waals surface area contributed by atoms with Gasteiger partial charge in [0, 0.05) is 25.4 Å². The highest BCUT2D eigenvalue weighted by Gasteiger charge is 2.09. The molecule has 23 heavy (non-hydrogen) atoms. The fraction of sp³-hybridized carbons (Fsp3) is 0.176. The monoisotopic (exact) mass is 373 g/mol. The van der Waals surface area contributed by atoms with Crippen molar-refractivity contribution in [1.29, 1.82) is 0 Å². The number of halogens is 1. The molecule has 5 nitrogen and oxygen atoms in total. The summed E-state index contributed by atoms with van der Waals surface area (Å²) >= 11 is 3.18. The Bertz CT molecular complexity index is 805. The molecule has 3 rings (SSSR count). The first-order valence-corrected chi connectivity index (χ1v) is 8.02. The van der Waals surface area contributed by atoms with Crippen LogP contribution < -0.4 is 5.32 Å². The van der Waals surface area contributed by atoms with E-state index in [1.54, 1.807) is 16.8 Å². The molecule has 0 spiro atoms. The molecule has 0 saturated carbocycles. The van der Waals surface area contributed by atoms with E-state index in [4.69, 9.17) is 4.42 Å². The molecule has 6 heteroatoms. The van der Waals surface area contributed by atoms with Crippen molar-refractivity contribution in [3.8, 4) is 11.1 Å². The van der Waals surface area contributed by atoms with Crippen LogP contribution in [0.4, 0.5) is 0 Å². The van der Waals surface area contributed by atoms with Gasteiger partial charge < -0.3 is 9.73 Å². The van der Waals surface area contributed by atoms with E-state index in [0.29, 0.717) is 17.0 Å². The van der Waals surface area contributed by atoms with Crippen molar-refractivity contribution in [2.75, 3.05) is 6.54 Å². The summed E-state index contributed by atoms with van der Waals surface area (Å²) in [6.45, 7) is 0.559. The number of nitrogens with zero attached hydrogens (tertiary/aromatic N) is 2. The molecule has 0 saturated heterocycles. The first-order chi connectivity index (χ1) is 11.1. The largest absolute Gasteiger partial charge is 0.444 e. The highest BCUT2D eigenvalue weighted by Crippen LogP contribution is 2.19. The molecule has 0 aliphatic heterocycles. The molecule has 0 aliphatic rings. The van der Waals surface area contributed by atoms with Crippen molar-refractivity contribution in [2.45, 2.75) is 6.42 Å². The molecule has 0 radical (unpaired) electrons. The lowest BCUT2D eigenvalue weighted by atomic mass is 10.1. The second-order valence-corrected chi connectivity index (χ2v) is 5.99. The van der Waals surface area contributed by atoms with E-state index in [1.165, 1.54) is 5.56 Å². The van der Waals surface area contributed by atoms with Crippen molar-refractivity contribution in [2.24, 2.45) is 7.05 Å². The summed E-state index contributed by atoms with van der Waals surface area (Å²) in [5, 5.41) is 7.02. The Kier molecular flexibility index (Phi) is 4.62. The van der Waals surface area contributed by atoms with Crippen molar-refractivity contribution in [3.05, 3.63) is 64.8 Å². The minimum absolute atomic E-state index is 0.206. The maximum atomic E-state index is 11.9. The molecule has 0 bridgehead atoms. The van der Waals surface area contributed by atoms with Crippen LogP contribution in [0.3, 0.4) is 0 Å². The van der Waals surface area contributed by atoms with Gasteiger partial charge >= 0.3 is 0 Å². The van der Waals surface area contributed by atoms with Gasteiger partial charge in [0.25, 0.3) is 5.91 Å². The molecule has 1 N–H and O–H groups in total. The Morgan fingerprint density at radius 1 is 1.22 bits per heavy atom. The van der Waals surface area contributed by atoms with Crippen LogP contribution in [0.25, 0.3) is 11.1 Å². The van der Waals surface area contributed by atoms with E-state index < -0.39 is 0 Å². The lowest BCUT2D eigenvalue weighted by Crippen LogP contribution is -2.25. The summed E-state index contributed by atoms with van der Waals surface area (Å²) in [7, 11) is 1.90. The van der Waals surface area contributed by atoms with Crippen molar-refractivity contribution in [3.63, 3.8) is 0 Å². The van der Waals surface area contributed by atoms with Gasteiger partial charge in [0.15, 0.2) is 10.4 Å². The predicted molar refractivity (Wildman–Crippen MR) is 91.1 cm³/mol. The number of aromatic nitrogens is 2. The summed E-state index contributed by atoms with van der Waals surface area (Å²) in [6, 6.07) is 11.6. The number of aryl methyl sites for hydroxylation is 1.